The first-order valence-corrected chi connectivity index (χ1v) is 8.06. The summed E-state index contributed by atoms with van der Waals surface area (Å²) in [6.45, 7) is 1.97. The van der Waals surface area contributed by atoms with E-state index < -0.39 is 11.2 Å². The topological polar surface area (TPSA) is 71.9 Å². The van der Waals surface area contributed by atoms with Crippen molar-refractivity contribution in [3.05, 3.63) is 86.6 Å². The molecule has 1 heterocycles. The number of nitrogens with one attached hydrogen (secondary N) is 1. The average molecular weight is 338 g/mol. The molecule has 5 nitrogen and oxygen atoms in total. The van der Waals surface area contributed by atoms with Crippen molar-refractivity contribution in [3.63, 3.8) is 0 Å². The van der Waals surface area contributed by atoms with Crippen molar-refractivity contribution in [3.8, 4) is 5.69 Å². The van der Waals surface area contributed by atoms with Gasteiger partial charge in [0.25, 0.3) is 5.56 Å². The van der Waals surface area contributed by atoms with Gasteiger partial charge in [0.2, 0.25) is 0 Å². The van der Waals surface area contributed by atoms with Crippen LogP contribution in [0.4, 0.5) is 0 Å². The Hall–Kier alpha value is -2.86. The fourth-order valence-electron chi connectivity index (χ4n) is 2.25. The summed E-state index contributed by atoms with van der Waals surface area (Å²) in [6.07, 6.45) is 0.480. The Morgan fingerprint density at radius 1 is 1.00 bits per heavy atom. The highest BCUT2D eigenvalue weighted by atomic mass is 32.2. The van der Waals surface area contributed by atoms with Crippen LogP contribution in [0.5, 0.6) is 0 Å². The summed E-state index contributed by atoms with van der Waals surface area (Å²) in [5, 5.41) is 0.246. The highest BCUT2D eigenvalue weighted by Crippen LogP contribution is 2.26. The summed E-state index contributed by atoms with van der Waals surface area (Å²) in [5.74, 6) is 0. The van der Waals surface area contributed by atoms with E-state index in [1.54, 1.807) is 30.3 Å². The Morgan fingerprint density at radius 2 is 1.67 bits per heavy atom. The summed E-state index contributed by atoms with van der Waals surface area (Å²) in [5.41, 5.74) is 0.242. The van der Waals surface area contributed by atoms with Gasteiger partial charge in [-0.2, -0.15) is 0 Å². The Kier molecular flexibility index (Phi) is 4.48. The van der Waals surface area contributed by atoms with Crippen molar-refractivity contribution in [1.82, 2.24) is 9.55 Å². The molecule has 1 aromatic heterocycles. The van der Waals surface area contributed by atoms with Gasteiger partial charge < -0.3 is 4.98 Å². The molecule has 24 heavy (non-hydrogen) atoms. The second-order valence-electron chi connectivity index (χ2n) is 5.18. The fraction of sp³-hybridized carbons (Fsp3) is 0.0556. The maximum absolute atomic E-state index is 12.6. The van der Waals surface area contributed by atoms with Crippen LogP contribution in [-0.4, -0.2) is 15.8 Å². The molecule has 0 spiro atoms. The zero-order valence-corrected chi connectivity index (χ0v) is 13.7. The minimum atomic E-state index is -0.630. The van der Waals surface area contributed by atoms with E-state index in [9.17, 15) is 14.4 Å². The largest absolute Gasteiger partial charge is 0.333 e. The van der Waals surface area contributed by atoms with Crippen LogP contribution in [0.2, 0.25) is 0 Å². The van der Waals surface area contributed by atoms with Crippen molar-refractivity contribution in [2.24, 2.45) is 0 Å². The summed E-state index contributed by atoms with van der Waals surface area (Å²) < 4.78 is 0.961. The molecule has 0 atom stereocenters. The van der Waals surface area contributed by atoms with E-state index in [0.717, 1.165) is 15.0 Å². The van der Waals surface area contributed by atoms with Gasteiger partial charge in [0.1, 0.15) is 5.56 Å². The zero-order valence-electron chi connectivity index (χ0n) is 12.9. The number of H-pyrrole nitrogens is 1. The Morgan fingerprint density at radius 3 is 2.29 bits per heavy atom. The molecular weight excluding hydrogens is 324 g/mol. The quantitative estimate of drug-likeness (QED) is 0.586. The molecule has 0 fully saturated rings. The van der Waals surface area contributed by atoms with Crippen molar-refractivity contribution in [1.29, 1.82) is 0 Å². The maximum Gasteiger partial charge on any atom is 0.333 e. The van der Waals surface area contributed by atoms with Crippen LogP contribution >= 0.6 is 11.8 Å². The smallest absolute Gasteiger partial charge is 0.300 e. The van der Waals surface area contributed by atoms with Gasteiger partial charge in [-0.1, -0.05) is 47.7 Å². The maximum atomic E-state index is 12.6. The van der Waals surface area contributed by atoms with Gasteiger partial charge >= 0.3 is 5.69 Å². The van der Waals surface area contributed by atoms with Gasteiger partial charge in [0, 0.05) is 4.90 Å². The summed E-state index contributed by atoms with van der Waals surface area (Å²) in [7, 11) is 0. The molecule has 0 saturated carbocycles. The van der Waals surface area contributed by atoms with E-state index in [1.807, 2.05) is 31.2 Å². The molecule has 0 radical (unpaired) electrons. The molecule has 2 aromatic carbocycles. The van der Waals surface area contributed by atoms with Gasteiger partial charge in [-0.15, -0.1) is 0 Å². The first-order valence-electron chi connectivity index (χ1n) is 7.24. The van der Waals surface area contributed by atoms with Crippen LogP contribution in [0.1, 0.15) is 15.9 Å². The third-order valence-corrected chi connectivity index (χ3v) is 4.51. The lowest BCUT2D eigenvalue weighted by Gasteiger charge is -2.09. The van der Waals surface area contributed by atoms with E-state index in [0.29, 0.717) is 12.0 Å². The lowest BCUT2D eigenvalue weighted by molar-refractivity contribution is 0.111. The number of hydrogen-bond acceptors (Lipinski definition) is 4. The summed E-state index contributed by atoms with van der Waals surface area (Å²) >= 11 is 1.18. The number of hydrogen-bond donors (Lipinski definition) is 1. The van der Waals surface area contributed by atoms with Crippen LogP contribution in [0.15, 0.2) is 74.1 Å². The number of nitrogens with zero attached hydrogens (tertiary/aromatic N) is 1. The second kappa shape index (κ2) is 6.72. The molecule has 3 rings (SSSR count). The van der Waals surface area contributed by atoms with Gasteiger partial charge in [0.15, 0.2) is 6.29 Å². The monoisotopic (exact) mass is 338 g/mol. The molecular formula is C18H14N2O3S. The SMILES string of the molecule is Cc1ccc(Sc2[nH]c(=O)n(-c3ccccc3)c(=O)c2C=O)cc1. The van der Waals surface area contributed by atoms with Gasteiger partial charge in [-0.3, -0.25) is 9.59 Å². The predicted octanol–water partition coefficient (Wildman–Crippen LogP) is 2.80. The van der Waals surface area contributed by atoms with Crippen molar-refractivity contribution in [2.45, 2.75) is 16.8 Å². The summed E-state index contributed by atoms with van der Waals surface area (Å²) in [6, 6.07) is 16.1. The van der Waals surface area contributed by atoms with Gasteiger partial charge in [-0.05, 0) is 31.2 Å². The molecule has 0 aliphatic carbocycles. The molecule has 0 bridgehead atoms. The lowest BCUT2D eigenvalue weighted by atomic mass is 10.2. The molecule has 0 saturated heterocycles. The van der Waals surface area contributed by atoms with E-state index in [-0.39, 0.29) is 10.6 Å². The van der Waals surface area contributed by atoms with E-state index in [1.165, 1.54) is 11.8 Å². The van der Waals surface area contributed by atoms with Crippen molar-refractivity contribution >= 4 is 18.0 Å². The number of aromatic nitrogens is 2. The van der Waals surface area contributed by atoms with Crippen LogP contribution in [0.25, 0.3) is 5.69 Å². The number of carbonyl (C=O) groups is 1. The molecule has 1 N–H and O–H groups in total. The van der Waals surface area contributed by atoms with Crippen molar-refractivity contribution < 1.29 is 4.79 Å². The van der Waals surface area contributed by atoms with Gasteiger partial charge in [-0.25, -0.2) is 9.36 Å². The fourth-order valence-corrected chi connectivity index (χ4v) is 3.14. The van der Waals surface area contributed by atoms with Crippen LogP contribution < -0.4 is 11.2 Å². The van der Waals surface area contributed by atoms with Crippen LogP contribution in [-0.2, 0) is 0 Å². The number of aldehydes is 1. The number of aryl methyl sites for hydroxylation is 1. The zero-order chi connectivity index (χ0) is 17.1. The number of benzene rings is 2. The molecule has 120 valence electrons. The number of aromatic amines is 1. The van der Waals surface area contributed by atoms with Crippen LogP contribution in [0, 0.1) is 6.92 Å². The molecule has 3 aromatic rings. The summed E-state index contributed by atoms with van der Waals surface area (Å²) in [4.78, 5) is 39.8. The molecule has 0 aliphatic heterocycles. The van der Waals surface area contributed by atoms with E-state index in [4.69, 9.17) is 0 Å². The predicted molar refractivity (Wildman–Crippen MR) is 93.3 cm³/mol. The third kappa shape index (κ3) is 3.09. The van der Waals surface area contributed by atoms with E-state index >= 15 is 0 Å². The van der Waals surface area contributed by atoms with Gasteiger partial charge in [0.05, 0.1) is 10.7 Å². The van der Waals surface area contributed by atoms with Crippen LogP contribution in [0.3, 0.4) is 0 Å². The minimum absolute atomic E-state index is 0.0657. The minimum Gasteiger partial charge on any atom is -0.300 e. The molecule has 0 aliphatic rings. The standard InChI is InChI=1S/C18H14N2O3S/c1-12-7-9-14(10-8-12)24-16-15(11-21)17(22)20(18(23)19-16)13-5-3-2-4-6-13/h2-11H,1H3,(H,19,23). The van der Waals surface area contributed by atoms with E-state index in [2.05, 4.69) is 4.98 Å². The molecule has 0 amide bonds. The first-order chi connectivity index (χ1) is 11.6. The van der Waals surface area contributed by atoms with Crippen molar-refractivity contribution in [2.75, 3.05) is 0 Å². The highest BCUT2D eigenvalue weighted by molar-refractivity contribution is 7.99. The first kappa shape index (κ1) is 16.0. The normalized spacial score (nSPS) is 10.5. The molecule has 6 heteroatoms. The highest BCUT2D eigenvalue weighted by Gasteiger charge is 2.15. The Bertz CT molecular complexity index is 990. The lowest BCUT2D eigenvalue weighted by Crippen LogP contribution is -2.36. The second-order valence-corrected chi connectivity index (χ2v) is 6.27. The number of rotatable bonds is 4. The third-order valence-electron chi connectivity index (χ3n) is 3.47. The number of carbonyl (C=O) groups excluding carboxylic acids is 1. The Labute approximate surface area is 142 Å². The average Bonchev–Trinajstić information content (AvgIpc) is 2.58. The Balaban J connectivity index is 2.13. The number of para-hydroxylation sites is 1. The molecule has 0 unspecified atom stereocenters.